The first kappa shape index (κ1) is 12.8. The summed E-state index contributed by atoms with van der Waals surface area (Å²) in [7, 11) is 3.20. The molecule has 16 heavy (non-hydrogen) atoms. The van der Waals surface area contributed by atoms with E-state index in [4.69, 9.17) is 9.47 Å². The van der Waals surface area contributed by atoms with Gasteiger partial charge in [-0.25, -0.2) is 4.98 Å². The first-order chi connectivity index (χ1) is 7.76. The molecule has 90 valence electrons. The van der Waals surface area contributed by atoms with E-state index in [2.05, 4.69) is 15.3 Å². The number of hydrogen-bond acceptors (Lipinski definition) is 5. The Labute approximate surface area is 94.0 Å². The van der Waals surface area contributed by atoms with Crippen LogP contribution in [0, 0.1) is 0 Å². The fourth-order valence-corrected chi connectivity index (χ4v) is 1.25. The van der Waals surface area contributed by atoms with Gasteiger partial charge in [0.15, 0.2) is 0 Å². The van der Waals surface area contributed by atoms with Crippen molar-refractivity contribution in [2.24, 2.45) is 0 Å². The van der Waals surface area contributed by atoms with Gasteiger partial charge in [-0.1, -0.05) is 0 Å². The molecule has 6 nitrogen and oxygen atoms in total. The van der Waals surface area contributed by atoms with Crippen molar-refractivity contribution >= 4 is 0 Å². The average molecular weight is 227 g/mol. The third-order valence-corrected chi connectivity index (χ3v) is 1.91. The second-order valence-electron chi connectivity index (χ2n) is 3.29. The quantitative estimate of drug-likeness (QED) is 0.623. The SMILES string of the molecule is COCCNCc1cc(=O)[nH]c(COC)n1. The number of nitrogens with zero attached hydrogens (tertiary/aromatic N) is 1. The highest BCUT2D eigenvalue weighted by Gasteiger charge is 2.00. The molecule has 0 atom stereocenters. The summed E-state index contributed by atoms with van der Waals surface area (Å²) in [6.45, 7) is 2.21. The van der Waals surface area contributed by atoms with Crippen LogP contribution in [0.3, 0.4) is 0 Å². The van der Waals surface area contributed by atoms with E-state index in [0.29, 0.717) is 31.3 Å². The zero-order chi connectivity index (χ0) is 11.8. The van der Waals surface area contributed by atoms with Crippen molar-refractivity contribution < 1.29 is 9.47 Å². The summed E-state index contributed by atoms with van der Waals surface area (Å²) in [5.41, 5.74) is 0.539. The summed E-state index contributed by atoms with van der Waals surface area (Å²) >= 11 is 0. The highest BCUT2D eigenvalue weighted by Crippen LogP contribution is 1.93. The molecule has 0 bridgehead atoms. The number of aromatic amines is 1. The molecule has 6 heteroatoms. The number of methoxy groups -OCH3 is 2. The molecule has 0 unspecified atom stereocenters. The van der Waals surface area contributed by atoms with Crippen LogP contribution < -0.4 is 10.9 Å². The lowest BCUT2D eigenvalue weighted by Gasteiger charge is -2.05. The van der Waals surface area contributed by atoms with E-state index in [9.17, 15) is 4.79 Å². The molecule has 0 aliphatic heterocycles. The van der Waals surface area contributed by atoms with E-state index >= 15 is 0 Å². The van der Waals surface area contributed by atoms with Crippen LogP contribution >= 0.6 is 0 Å². The third-order valence-electron chi connectivity index (χ3n) is 1.91. The van der Waals surface area contributed by atoms with Crippen molar-refractivity contribution in [2.45, 2.75) is 13.2 Å². The first-order valence-electron chi connectivity index (χ1n) is 5.04. The molecule has 1 rings (SSSR count). The zero-order valence-electron chi connectivity index (χ0n) is 9.58. The Hall–Kier alpha value is -1.24. The van der Waals surface area contributed by atoms with E-state index in [1.807, 2.05) is 0 Å². The topological polar surface area (TPSA) is 76.2 Å². The lowest BCUT2D eigenvalue weighted by Crippen LogP contribution is -2.22. The van der Waals surface area contributed by atoms with Gasteiger partial charge in [-0.15, -0.1) is 0 Å². The van der Waals surface area contributed by atoms with Crippen LogP contribution in [0.15, 0.2) is 10.9 Å². The van der Waals surface area contributed by atoms with E-state index in [-0.39, 0.29) is 5.56 Å². The van der Waals surface area contributed by atoms with Crippen molar-refractivity contribution in [3.05, 3.63) is 27.9 Å². The molecule has 2 N–H and O–H groups in total. The van der Waals surface area contributed by atoms with Gasteiger partial charge in [0.05, 0.1) is 12.3 Å². The molecular formula is C10H17N3O3. The average Bonchev–Trinajstić information content (AvgIpc) is 2.24. The van der Waals surface area contributed by atoms with Gasteiger partial charge in [-0.05, 0) is 0 Å². The van der Waals surface area contributed by atoms with Crippen molar-refractivity contribution in [2.75, 3.05) is 27.4 Å². The molecular weight excluding hydrogens is 210 g/mol. The molecule has 0 spiro atoms. The van der Waals surface area contributed by atoms with Crippen LogP contribution in [-0.4, -0.2) is 37.3 Å². The van der Waals surface area contributed by atoms with Crippen LogP contribution in [0.2, 0.25) is 0 Å². The van der Waals surface area contributed by atoms with Crippen LogP contribution in [0.25, 0.3) is 0 Å². The van der Waals surface area contributed by atoms with Gasteiger partial charge in [-0.3, -0.25) is 4.79 Å². The summed E-state index contributed by atoms with van der Waals surface area (Å²) in [5.74, 6) is 0.540. The standard InChI is InChI=1S/C10H17N3O3/c1-15-4-3-11-6-8-5-10(14)13-9(12-8)7-16-2/h5,11H,3-4,6-7H2,1-2H3,(H,12,13,14). The largest absolute Gasteiger partial charge is 0.383 e. The Bertz CT molecular complexity index is 365. The summed E-state index contributed by atoms with van der Waals surface area (Å²) in [6.07, 6.45) is 0. The van der Waals surface area contributed by atoms with Crippen molar-refractivity contribution in [3.63, 3.8) is 0 Å². The molecule has 1 aromatic rings. The summed E-state index contributed by atoms with van der Waals surface area (Å²) in [4.78, 5) is 18.1. The van der Waals surface area contributed by atoms with Gasteiger partial charge >= 0.3 is 0 Å². The summed E-state index contributed by atoms with van der Waals surface area (Å²) < 4.78 is 9.80. The van der Waals surface area contributed by atoms with Gasteiger partial charge in [0, 0.05) is 33.4 Å². The minimum absolute atomic E-state index is 0.161. The van der Waals surface area contributed by atoms with Crippen molar-refractivity contribution in [1.82, 2.24) is 15.3 Å². The lowest BCUT2D eigenvalue weighted by atomic mass is 10.4. The summed E-state index contributed by atoms with van der Waals surface area (Å²) in [6, 6.07) is 1.47. The second-order valence-corrected chi connectivity index (χ2v) is 3.29. The summed E-state index contributed by atoms with van der Waals surface area (Å²) in [5, 5.41) is 3.12. The maximum atomic E-state index is 11.3. The number of H-pyrrole nitrogens is 1. The predicted octanol–water partition coefficient (Wildman–Crippen LogP) is -0.348. The molecule has 0 aliphatic carbocycles. The molecule has 0 fully saturated rings. The Morgan fingerprint density at radius 3 is 2.94 bits per heavy atom. The molecule has 0 saturated carbocycles. The van der Waals surface area contributed by atoms with E-state index in [0.717, 1.165) is 6.54 Å². The number of aromatic nitrogens is 2. The molecule has 0 amide bonds. The van der Waals surface area contributed by atoms with Gasteiger partial charge in [0.1, 0.15) is 12.4 Å². The van der Waals surface area contributed by atoms with Gasteiger partial charge in [-0.2, -0.15) is 0 Å². The number of nitrogens with one attached hydrogen (secondary N) is 2. The van der Waals surface area contributed by atoms with Crippen LogP contribution in [0.1, 0.15) is 11.5 Å². The van der Waals surface area contributed by atoms with E-state index in [1.165, 1.54) is 6.07 Å². The fraction of sp³-hybridized carbons (Fsp3) is 0.600. The van der Waals surface area contributed by atoms with Crippen LogP contribution in [-0.2, 0) is 22.6 Å². The number of ether oxygens (including phenoxy) is 2. The normalized spacial score (nSPS) is 10.6. The molecule has 0 radical (unpaired) electrons. The zero-order valence-corrected chi connectivity index (χ0v) is 9.58. The Balaban J connectivity index is 2.54. The first-order valence-corrected chi connectivity index (χ1v) is 5.04. The van der Waals surface area contributed by atoms with Crippen molar-refractivity contribution in [3.8, 4) is 0 Å². The Morgan fingerprint density at radius 2 is 2.25 bits per heavy atom. The highest BCUT2D eigenvalue weighted by molar-refractivity contribution is 5.02. The van der Waals surface area contributed by atoms with Crippen LogP contribution in [0.5, 0.6) is 0 Å². The molecule has 1 heterocycles. The fourth-order valence-electron chi connectivity index (χ4n) is 1.25. The van der Waals surface area contributed by atoms with E-state index < -0.39 is 0 Å². The minimum atomic E-state index is -0.161. The Morgan fingerprint density at radius 1 is 1.44 bits per heavy atom. The third kappa shape index (κ3) is 4.52. The Kier molecular flexibility index (Phi) is 5.69. The lowest BCUT2D eigenvalue weighted by molar-refractivity contribution is 0.177. The predicted molar refractivity (Wildman–Crippen MR) is 59.2 cm³/mol. The van der Waals surface area contributed by atoms with Gasteiger partial charge in [0.25, 0.3) is 5.56 Å². The molecule has 0 aromatic carbocycles. The smallest absolute Gasteiger partial charge is 0.251 e. The molecule has 0 saturated heterocycles. The van der Waals surface area contributed by atoms with Gasteiger partial charge < -0.3 is 19.8 Å². The number of hydrogen-bond donors (Lipinski definition) is 2. The molecule has 1 aromatic heterocycles. The maximum absolute atomic E-state index is 11.3. The highest BCUT2D eigenvalue weighted by atomic mass is 16.5. The number of rotatable bonds is 7. The van der Waals surface area contributed by atoms with Gasteiger partial charge in [0.2, 0.25) is 0 Å². The van der Waals surface area contributed by atoms with E-state index in [1.54, 1.807) is 14.2 Å². The van der Waals surface area contributed by atoms with Crippen LogP contribution in [0.4, 0.5) is 0 Å². The van der Waals surface area contributed by atoms with Crippen molar-refractivity contribution in [1.29, 1.82) is 0 Å². The maximum Gasteiger partial charge on any atom is 0.251 e. The second kappa shape index (κ2) is 7.10. The monoisotopic (exact) mass is 227 g/mol. The minimum Gasteiger partial charge on any atom is -0.383 e. The molecule has 0 aliphatic rings.